The van der Waals surface area contributed by atoms with Crippen LogP contribution in [0.5, 0.6) is 0 Å². The van der Waals surface area contributed by atoms with Crippen molar-refractivity contribution in [2.75, 3.05) is 13.2 Å². The number of unbranched alkanes of at least 4 members (excludes halogenated alkanes) is 1. The summed E-state index contributed by atoms with van der Waals surface area (Å²) < 4.78 is 0. The number of rotatable bonds is 3. The third-order valence-corrected chi connectivity index (χ3v) is 1.51. The maximum Gasteiger partial charge on any atom is 0.0431 e. The van der Waals surface area contributed by atoms with Gasteiger partial charge in [0.05, 0.1) is 0 Å². The van der Waals surface area contributed by atoms with E-state index in [-0.39, 0.29) is 13.2 Å². The molecule has 0 aliphatic rings. The monoisotopic (exact) mass is 182 g/mol. The van der Waals surface area contributed by atoms with Crippen LogP contribution in [0.2, 0.25) is 0 Å². The third kappa shape index (κ3) is 9.05. The lowest BCUT2D eigenvalue weighted by atomic mass is 10.2. The zero-order valence-electron chi connectivity index (χ0n) is 8.11. The summed E-state index contributed by atoms with van der Waals surface area (Å²) in [5, 5.41) is 16.2. The van der Waals surface area contributed by atoms with Crippen LogP contribution in [0.1, 0.15) is 18.4 Å². The van der Waals surface area contributed by atoms with Crippen LogP contribution in [-0.4, -0.2) is 23.4 Å². The maximum absolute atomic E-state index is 8.09. The molecule has 0 saturated carbocycles. The Bertz CT molecular complexity index is 181. The number of aryl methyl sites for hydroxylation is 1. The zero-order valence-corrected chi connectivity index (χ0v) is 8.11. The minimum atomic E-state index is 0.195. The Hall–Kier alpha value is -0.860. The van der Waals surface area contributed by atoms with Gasteiger partial charge in [-0.05, 0) is 19.8 Å². The lowest BCUT2D eigenvalue weighted by Gasteiger charge is -1.85. The van der Waals surface area contributed by atoms with Crippen LogP contribution in [0, 0.1) is 6.92 Å². The van der Waals surface area contributed by atoms with Crippen molar-refractivity contribution in [1.82, 2.24) is 0 Å². The summed E-state index contributed by atoms with van der Waals surface area (Å²) in [4.78, 5) is 0. The SMILES string of the molecule is Cc1ccccc1.OCCCCO. The first kappa shape index (κ1) is 12.1. The van der Waals surface area contributed by atoms with Crippen LogP contribution in [0.4, 0.5) is 0 Å². The average Bonchev–Trinajstić information content (AvgIpc) is 2.17. The molecule has 0 spiro atoms. The number of hydrogen-bond acceptors (Lipinski definition) is 2. The second-order valence-corrected chi connectivity index (χ2v) is 2.81. The van der Waals surface area contributed by atoms with Gasteiger partial charge in [0.1, 0.15) is 0 Å². The molecule has 1 rings (SSSR count). The van der Waals surface area contributed by atoms with Gasteiger partial charge >= 0.3 is 0 Å². The Morgan fingerprint density at radius 2 is 1.38 bits per heavy atom. The summed E-state index contributed by atoms with van der Waals surface area (Å²) >= 11 is 0. The number of benzene rings is 1. The fraction of sp³-hybridized carbons (Fsp3) is 0.455. The standard InChI is InChI=1S/C7H8.C4H10O2/c1-7-5-3-2-4-6-7;5-3-1-2-4-6/h2-6H,1H3;5-6H,1-4H2. The molecule has 0 heterocycles. The molecule has 2 nitrogen and oxygen atoms in total. The van der Waals surface area contributed by atoms with Crippen molar-refractivity contribution in [3.8, 4) is 0 Å². The second-order valence-electron chi connectivity index (χ2n) is 2.81. The Morgan fingerprint density at radius 3 is 1.62 bits per heavy atom. The van der Waals surface area contributed by atoms with Crippen molar-refractivity contribution in [2.45, 2.75) is 19.8 Å². The zero-order chi connectivity index (χ0) is 9.94. The van der Waals surface area contributed by atoms with E-state index >= 15 is 0 Å². The molecule has 0 unspecified atom stereocenters. The van der Waals surface area contributed by atoms with Crippen molar-refractivity contribution in [1.29, 1.82) is 0 Å². The van der Waals surface area contributed by atoms with Crippen molar-refractivity contribution >= 4 is 0 Å². The van der Waals surface area contributed by atoms with Gasteiger partial charge in [-0.3, -0.25) is 0 Å². The van der Waals surface area contributed by atoms with Crippen LogP contribution in [-0.2, 0) is 0 Å². The summed E-state index contributed by atoms with van der Waals surface area (Å²) in [6.45, 7) is 2.47. The van der Waals surface area contributed by atoms with E-state index in [1.54, 1.807) is 0 Å². The van der Waals surface area contributed by atoms with Crippen LogP contribution in [0.15, 0.2) is 30.3 Å². The van der Waals surface area contributed by atoms with Gasteiger partial charge in [-0.1, -0.05) is 35.9 Å². The fourth-order valence-electron chi connectivity index (χ4n) is 0.758. The number of hydrogen-bond donors (Lipinski definition) is 2. The van der Waals surface area contributed by atoms with E-state index < -0.39 is 0 Å². The molecule has 0 atom stereocenters. The van der Waals surface area contributed by atoms with Crippen molar-refractivity contribution < 1.29 is 10.2 Å². The Balaban J connectivity index is 0.000000226. The molecule has 13 heavy (non-hydrogen) atoms. The first-order valence-electron chi connectivity index (χ1n) is 4.54. The molecular formula is C11H18O2. The molecule has 2 heteroatoms. The smallest absolute Gasteiger partial charge is 0.0431 e. The molecule has 0 amide bonds. The molecule has 0 bridgehead atoms. The molecule has 0 fully saturated rings. The quantitative estimate of drug-likeness (QED) is 0.699. The third-order valence-electron chi connectivity index (χ3n) is 1.51. The number of aliphatic hydroxyl groups is 2. The van der Waals surface area contributed by atoms with E-state index in [2.05, 4.69) is 19.1 Å². The highest BCUT2D eigenvalue weighted by molar-refractivity contribution is 5.11. The molecule has 1 aromatic rings. The van der Waals surface area contributed by atoms with E-state index in [4.69, 9.17) is 10.2 Å². The Morgan fingerprint density at radius 1 is 0.923 bits per heavy atom. The van der Waals surface area contributed by atoms with Crippen LogP contribution in [0.25, 0.3) is 0 Å². The second kappa shape index (κ2) is 9.23. The van der Waals surface area contributed by atoms with E-state index in [9.17, 15) is 0 Å². The molecule has 74 valence electrons. The van der Waals surface area contributed by atoms with Gasteiger partial charge in [-0.25, -0.2) is 0 Å². The van der Waals surface area contributed by atoms with E-state index in [1.807, 2.05) is 18.2 Å². The van der Waals surface area contributed by atoms with Gasteiger partial charge < -0.3 is 10.2 Å². The topological polar surface area (TPSA) is 40.5 Å². The maximum atomic E-state index is 8.09. The highest BCUT2D eigenvalue weighted by Gasteiger charge is 1.77. The molecular weight excluding hydrogens is 164 g/mol. The predicted octanol–water partition coefficient (Wildman–Crippen LogP) is 1.75. The minimum Gasteiger partial charge on any atom is -0.396 e. The molecule has 0 aliphatic carbocycles. The van der Waals surface area contributed by atoms with Gasteiger partial charge in [0, 0.05) is 13.2 Å². The summed E-state index contributed by atoms with van der Waals surface area (Å²) in [5.41, 5.74) is 1.32. The summed E-state index contributed by atoms with van der Waals surface area (Å²) in [6.07, 6.45) is 1.44. The van der Waals surface area contributed by atoms with Crippen LogP contribution in [0.3, 0.4) is 0 Å². The summed E-state index contributed by atoms with van der Waals surface area (Å²) in [7, 11) is 0. The lowest BCUT2D eigenvalue weighted by molar-refractivity contribution is 0.242. The fourth-order valence-corrected chi connectivity index (χ4v) is 0.758. The van der Waals surface area contributed by atoms with Gasteiger partial charge in [-0.15, -0.1) is 0 Å². The molecule has 0 saturated heterocycles. The van der Waals surface area contributed by atoms with Gasteiger partial charge in [0.25, 0.3) is 0 Å². The first-order chi connectivity index (χ1) is 6.31. The minimum absolute atomic E-state index is 0.195. The van der Waals surface area contributed by atoms with Gasteiger partial charge in [0.2, 0.25) is 0 Å². The lowest BCUT2D eigenvalue weighted by Crippen LogP contribution is -1.85. The Kier molecular flexibility index (Phi) is 8.62. The van der Waals surface area contributed by atoms with Crippen LogP contribution < -0.4 is 0 Å². The van der Waals surface area contributed by atoms with Gasteiger partial charge in [0.15, 0.2) is 0 Å². The highest BCUT2D eigenvalue weighted by Crippen LogP contribution is 1.92. The van der Waals surface area contributed by atoms with Crippen LogP contribution >= 0.6 is 0 Å². The van der Waals surface area contributed by atoms with Crippen molar-refractivity contribution in [3.63, 3.8) is 0 Å². The molecule has 0 radical (unpaired) electrons. The molecule has 0 aliphatic heterocycles. The summed E-state index contributed by atoms with van der Waals surface area (Å²) in [6, 6.07) is 10.3. The van der Waals surface area contributed by atoms with E-state index in [0.717, 1.165) is 12.8 Å². The van der Waals surface area contributed by atoms with E-state index in [0.29, 0.717) is 0 Å². The van der Waals surface area contributed by atoms with Crippen molar-refractivity contribution in [2.24, 2.45) is 0 Å². The normalized spacial score (nSPS) is 8.85. The molecule has 2 N–H and O–H groups in total. The average molecular weight is 182 g/mol. The predicted molar refractivity (Wildman–Crippen MR) is 54.6 cm³/mol. The molecule has 1 aromatic carbocycles. The largest absolute Gasteiger partial charge is 0.396 e. The summed E-state index contributed by atoms with van der Waals surface area (Å²) in [5.74, 6) is 0. The van der Waals surface area contributed by atoms with Gasteiger partial charge in [-0.2, -0.15) is 0 Å². The first-order valence-corrected chi connectivity index (χ1v) is 4.54. The van der Waals surface area contributed by atoms with E-state index in [1.165, 1.54) is 5.56 Å². The highest BCUT2D eigenvalue weighted by atomic mass is 16.3. The number of aliphatic hydroxyl groups excluding tert-OH is 2. The molecule has 0 aromatic heterocycles. The Labute approximate surface area is 79.9 Å². The van der Waals surface area contributed by atoms with Crippen molar-refractivity contribution in [3.05, 3.63) is 35.9 Å².